The van der Waals surface area contributed by atoms with Crippen LogP contribution in [0.15, 0.2) is 48.5 Å². The Morgan fingerprint density at radius 1 is 1.16 bits per heavy atom. The molecule has 0 aliphatic carbocycles. The number of amides is 1. The van der Waals surface area contributed by atoms with Gasteiger partial charge in [0.15, 0.2) is 11.4 Å². The van der Waals surface area contributed by atoms with Gasteiger partial charge >= 0.3 is 0 Å². The minimum atomic E-state index is -3.58. The number of aliphatic hydroxyl groups is 1. The number of para-hydroxylation sites is 2. The van der Waals surface area contributed by atoms with E-state index >= 15 is 0 Å². The molecule has 1 aliphatic rings. The molecular formula is C17H16N2O5S. The van der Waals surface area contributed by atoms with E-state index in [1.165, 1.54) is 12.1 Å². The zero-order valence-corrected chi connectivity index (χ0v) is 14.1. The maximum absolute atomic E-state index is 12.7. The van der Waals surface area contributed by atoms with E-state index < -0.39 is 33.7 Å². The second kappa shape index (κ2) is 5.98. The molecule has 2 aromatic rings. The summed E-state index contributed by atoms with van der Waals surface area (Å²) < 4.78 is 25.2. The van der Waals surface area contributed by atoms with Crippen LogP contribution in [0.1, 0.15) is 22.3 Å². The summed E-state index contributed by atoms with van der Waals surface area (Å²) in [4.78, 5) is 24.9. The number of ketones is 1. The van der Waals surface area contributed by atoms with Crippen molar-refractivity contribution in [2.75, 3.05) is 16.3 Å². The standard InChI is InChI=1S/C17H16N2O5S/c1-25(23,24)19-13-8-4-2-6-11(13)15(20)10-17(22)12-7-3-5-9-14(12)18-16(17)21/h2-9,19,22H,10H2,1H3,(H,18,21)/t17-/m0/s1. The van der Waals surface area contributed by atoms with Gasteiger partial charge in [0.2, 0.25) is 10.0 Å². The summed E-state index contributed by atoms with van der Waals surface area (Å²) in [5.41, 5.74) is -1.04. The van der Waals surface area contributed by atoms with E-state index in [-0.39, 0.29) is 11.3 Å². The van der Waals surface area contributed by atoms with Crippen molar-refractivity contribution in [3.05, 3.63) is 59.7 Å². The van der Waals surface area contributed by atoms with Gasteiger partial charge in [0.05, 0.1) is 18.4 Å². The van der Waals surface area contributed by atoms with E-state index in [1.54, 1.807) is 36.4 Å². The molecule has 1 heterocycles. The Kier molecular flexibility index (Phi) is 4.09. The third-order valence-electron chi connectivity index (χ3n) is 3.94. The molecule has 3 N–H and O–H groups in total. The molecule has 0 fully saturated rings. The number of benzene rings is 2. The molecule has 0 bridgehead atoms. The first-order chi connectivity index (χ1) is 11.7. The van der Waals surface area contributed by atoms with Gasteiger partial charge in [0.25, 0.3) is 5.91 Å². The molecule has 0 unspecified atom stereocenters. The Morgan fingerprint density at radius 3 is 2.52 bits per heavy atom. The van der Waals surface area contributed by atoms with Crippen LogP contribution in [-0.2, 0) is 20.4 Å². The molecule has 0 radical (unpaired) electrons. The quantitative estimate of drug-likeness (QED) is 0.699. The summed E-state index contributed by atoms with van der Waals surface area (Å²) >= 11 is 0. The van der Waals surface area contributed by atoms with Crippen molar-refractivity contribution in [1.29, 1.82) is 0 Å². The van der Waals surface area contributed by atoms with E-state index in [0.717, 1.165) is 6.26 Å². The summed E-state index contributed by atoms with van der Waals surface area (Å²) in [5, 5.41) is 13.3. The van der Waals surface area contributed by atoms with E-state index in [1.807, 2.05) is 0 Å². The lowest BCUT2D eigenvalue weighted by atomic mass is 9.88. The number of hydrogen-bond donors (Lipinski definition) is 3. The lowest BCUT2D eigenvalue weighted by Gasteiger charge is -2.20. The lowest BCUT2D eigenvalue weighted by Crippen LogP contribution is -2.36. The molecule has 25 heavy (non-hydrogen) atoms. The molecule has 1 amide bonds. The Balaban J connectivity index is 1.95. The zero-order valence-electron chi connectivity index (χ0n) is 13.3. The molecule has 0 saturated carbocycles. The largest absolute Gasteiger partial charge is 0.375 e. The van der Waals surface area contributed by atoms with Gasteiger partial charge in [0.1, 0.15) is 0 Å². The predicted molar refractivity (Wildman–Crippen MR) is 92.8 cm³/mol. The van der Waals surface area contributed by atoms with Gasteiger partial charge in [-0.3, -0.25) is 14.3 Å². The van der Waals surface area contributed by atoms with E-state index in [2.05, 4.69) is 10.0 Å². The topological polar surface area (TPSA) is 113 Å². The van der Waals surface area contributed by atoms with Crippen molar-refractivity contribution in [1.82, 2.24) is 0 Å². The highest BCUT2D eigenvalue weighted by atomic mass is 32.2. The highest BCUT2D eigenvalue weighted by molar-refractivity contribution is 7.92. The maximum atomic E-state index is 12.7. The summed E-state index contributed by atoms with van der Waals surface area (Å²) in [6.07, 6.45) is 0.473. The SMILES string of the molecule is CS(=O)(=O)Nc1ccccc1C(=O)C[C@@]1(O)C(=O)Nc2ccccc21. The highest BCUT2D eigenvalue weighted by Crippen LogP contribution is 2.39. The van der Waals surface area contributed by atoms with Crippen molar-refractivity contribution in [2.45, 2.75) is 12.0 Å². The van der Waals surface area contributed by atoms with Crippen molar-refractivity contribution < 1.29 is 23.1 Å². The summed E-state index contributed by atoms with van der Waals surface area (Å²) in [6, 6.07) is 12.6. The van der Waals surface area contributed by atoms with Crippen LogP contribution >= 0.6 is 0 Å². The van der Waals surface area contributed by atoms with E-state index in [4.69, 9.17) is 0 Å². The Bertz CT molecular complexity index is 971. The summed E-state index contributed by atoms with van der Waals surface area (Å²) in [6.45, 7) is 0. The fourth-order valence-corrected chi connectivity index (χ4v) is 3.40. The highest BCUT2D eigenvalue weighted by Gasteiger charge is 2.46. The van der Waals surface area contributed by atoms with Crippen LogP contribution in [0.25, 0.3) is 0 Å². The molecule has 1 aliphatic heterocycles. The minimum Gasteiger partial charge on any atom is -0.375 e. The number of rotatable bonds is 5. The van der Waals surface area contributed by atoms with Gasteiger partial charge in [-0.15, -0.1) is 0 Å². The van der Waals surface area contributed by atoms with Gasteiger partial charge in [-0.1, -0.05) is 30.3 Å². The fraction of sp³-hybridized carbons (Fsp3) is 0.176. The van der Waals surface area contributed by atoms with Gasteiger partial charge in [-0.25, -0.2) is 8.42 Å². The molecule has 0 aromatic heterocycles. The Morgan fingerprint density at radius 2 is 1.80 bits per heavy atom. The van der Waals surface area contributed by atoms with Crippen molar-refractivity contribution in [2.24, 2.45) is 0 Å². The average Bonchev–Trinajstić information content (AvgIpc) is 2.77. The number of carbonyl (C=O) groups excluding carboxylic acids is 2. The monoisotopic (exact) mass is 360 g/mol. The Labute approximate surface area is 144 Å². The first kappa shape index (κ1) is 17.1. The molecule has 8 heteroatoms. The van der Waals surface area contributed by atoms with Gasteiger partial charge in [-0.2, -0.15) is 0 Å². The van der Waals surface area contributed by atoms with Crippen molar-refractivity contribution in [3.8, 4) is 0 Å². The van der Waals surface area contributed by atoms with Crippen LogP contribution < -0.4 is 10.0 Å². The normalized spacial score (nSPS) is 19.2. The third kappa shape index (κ3) is 3.26. The third-order valence-corrected chi connectivity index (χ3v) is 4.53. The minimum absolute atomic E-state index is 0.0820. The first-order valence-electron chi connectivity index (χ1n) is 7.44. The second-order valence-electron chi connectivity index (χ2n) is 5.88. The maximum Gasteiger partial charge on any atom is 0.261 e. The van der Waals surface area contributed by atoms with E-state index in [0.29, 0.717) is 11.3 Å². The Hall–Kier alpha value is -2.71. The van der Waals surface area contributed by atoms with Crippen LogP contribution in [0, 0.1) is 0 Å². The predicted octanol–water partition coefficient (Wildman–Crippen LogP) is 1.47. The van der Waals surface area contributed by atoms with Gasteiger partial charge in [0, 0.05) is 16.8 Å². The van der Waals surface area contributed by atoms with Crippen molar-refractivity contribution in [3.63, 3.8) is 0 Å². The summed E-state index contributed by atoms with van der Waals surface area (Å²) in [5.74, 6) is -1.24. The average molecular weight is 360 g/mol. The van der Waals surface area contributed by atoms with Gasteiger partial charge in [-0.05, 0) is 18.2 Å². The molecule has 7 nitrogen and oxygen atoms in total. The van der Waals surface area contributed by atoms with Crippen LogP contribution in [-0.4, -0.2) is 31.5 Å². The molecule has 130 valence electrons. The number of nitrogens with one attached hydrogen (secondary N) is 2. The first-order valence-corrected chi connectivity index (χ1v) is 9.33. The molecule has 0 spiro atoms. The molecular weight excluding hydrogens is 344 g/mol. The lowest BCUT2D eigenvalue weighted by molar-refractivity contribution is -0.133. The van der Waals surface area contributed by atoms with Crippen LogP contribution in [0.2, 0.25) is 0 Å². The van der Waals surface area contributed by atoms with Gasteiger partial charge < -0.3 is 10.4 Å². The fourth-order valence-electron chi connectivity index (χ4n) is 2.82. The number of hydrogen-bond acceptors (Lipinski definition) is 5. The summed E-state index contributed by atoms with van der Waals surface area (Å²) in [7, 11) is -3.58. The van der Waals surface area contributed by atoms with Crippen LogP contribution in [0.5, 0.6) is 0 Å². The molecule has 1 atom stereocenters. The van der Waals surface area contributed by atoms with Crippen LogP contribution in [0.4, 0.5) is 11.4 Å². The smallest absolute Gasteiger partial charge is 0.261 e. The molecule has 3 rings (SSSR count). The van der Waals surface area contributed by atoms with E-state index in [9.17, 15) is 23.1 Å². The number of fused-ring (bicyclic) bond motifs is 1. The zero-order chi connectivity index (χ0) is 18.2. The van der Waals surface area contributed by atoms with Crippen LogP contribution in [0.3, 0.4) is 0 Å². The molecule has 2 aromatic carbocycles. The number of carbonyl (C=O) groups is 2. The van der Waals surface area contributed by atoms with Crippen molar-refractivity contribution >= 4 is 33.1 Å². The number of Topliss-reactive ketones (excluding diaryl/α,β-unsaturated/α-hetero) is 1. The number of anilines is 2. The number of sulfonamides is 1. The molecule has 0 saturated heterocycles. The second-order valence-corrected chi connectivity index (χ2v) is 7.63.